The number of amides is 2. The number of aromatic hydroxyl groups is 1. The van der Waals surface area contributed by atoms with E-state index >= 15 is 0 Å². The first-order valence-electron chi connectivity index (χ1n) is 7.71. The maximum Gasteiger partial charge on any atom is 0.259 e. The zero-order chi connectivity index (χ0) is 18.1. The standard InChI is InChI=1S/C18H19N3O4/c1-2-25-16-10-13(8-9-15(16)22)11-20-21-17(23)12-19-18(24)14-6-4-3-5-7-14/h3-11,22H,2,12H2,1H3,(H,19,24)(H,21,23)/b20-11+. The number of nitrogens with one attached hydrogen (secondary N) is 2. The molecule has 0 fully saturated rings. The minimum atomic E-state index is -0.454. The van der Waals surface area contributed by atoms with E-state index in [1.54, 1.807) is 42.5 Å². The third-order valence-electron chi connectivity index (χ3n) is 3.13. The van der Waals surface area contributed by atoms with Crippen molar-refractivity contribution in [1.82, 2.24) is 10.7 Å². The molecule has 0 aliphatic carbocycles. The zero-order valence-electron chi connectivity index (χ0n) is 13.7. The van der Waals surface area contributed by atoms with E-state index in [-0.39, 0.29) is 18.2 Å². The van der Waals surface area contributed by atoms with E-state index in [4.69, 9.17) is 4.74 Å². The van der Waals surface area contributed by atoms with Gasteiger partial charge in [0.2, 0.25) is 0 Å². The van der Waals surface area contributed by atoms with Crippen LogP contribution >= 0.6 is 0 Å². The predicted molar refractivity (Wildman–Crippen MR) is 93.8 cm³/mol. The highest BCUT2D eigenvalue weighted by Crippen LogP contribution is 2.26. The molecule has 2 aromatic rings. The number of carbonyl (C=O) groups excluding carboxylic acids is 2. The molecule has 7 nitrogen and oxygen atoms in total. The largest absolute Gasteiger partial charge is 0.504 e. The second-order valence-electron chi connectivity index (χ2n) is 5.00. The van der Waals surface area contributed by atoms with Crippen molar-refractivity contribution >= 4 is 18.0 Å². The molecule has 0 aliphatic heterocycles. The highest BCUT2D eigenvalue weighted by molar-refractivity contribution is 5.96. The number of carbonyl (C=O) groups is 2. The number of benzene rings is 2. The maximum atomic E-state index is 11.8. The topological polar surface area (TPSA) is 100 Å². The summed E-state index contributed by atoms with van der Waals surface area (Å²) in [5.41, 5.74) is 3.44. The summed E-state index contributed by atoms with van der Waals surface area (Å²) in [6.07, 6.45) is 1.42. The lowest BCUT2D eigenvalue weighted by molar-refractivity contribution is -0.120. The first kappa shape index (κ1) is 18.0. The molecule has 0 spiro atoms. The van der Waals surface area contributed by atoms with Crippen LogP contribution in [-0.4, -0.2) is 36.3 Å². The molecule has 0 radical (unpaired) electrons. The van der Waals surface area contributed by atoms with Crippen LogP contribution in [0, 0.1) is 0 Å². The molecular formula is C18H19N3O4. The lowest BCUT2D eigenvalue weighted by Gasteiger charge is -2.06. The molecule has 0 bridgehead atoms. The SMILES string of the molecule is CCOc1cc(/C=N/NC(=O)CNC(=O)c2ccccc2)ccc1O. The fourth-order valence-electron chi connectivity index (χ4n) is 1.95. The van der Waals surface area contributed by atoms with Gasteiger partial charge in [-0.05, 0) is 42.8 Å². The lowest BCUT2D eigenvalue weighted by atomic mass is 10.2. The normalized spacial score (nSPS) is 10.4. The molecule has 0 saturated heterocycles. The Kier molecular flexibility index (Phi) is 6.53. The Morgan fingerprint density at radius 1 is 1.20 bits per heavy atom. The van der Waals surface area contributed by atoms with Gasteiger partial charge in [0.05, 0.1) is 19.4 Å². The molecule has 0 saturated carbocycles. The van der Waals surface area contributed by atoms with Gasteiger partial charge in [-0.2, -0.15) is 5.10 Å². The van der Waals surface area contributed by atoms with Crippen molar-refractivity contribution in [3.63, 3.8) is 0 Å². The molecule has 0 aliphatic rings. The first-order chi connectivity index (χ1) is 12.1. The van der Waals surface area contributed by atoms with E-state index in [0.29, 0.717) is 23.5 Å². The summed E-state index contributed by atoms with van der Waals surface area (Å²) in [7, 11) is 0. The van der Waals surface area contributed by atoms with Crippen LogP contribution in [0.1, 0.15) is 22.8 Å². The van der Waals surface area contributed by atoms with Gasteiger partial charge in [-0.3, -0.25) is 9.59 Å². The Morgan fingerprint density at radius 2 is 1.96 bits per heavy atom. The first-order valence-corrected chi connectivity index (χ1v) is 7.71. The smallest absolute Gasteiger partial charge is 0.259 e. The number of phenols is 1. The molecule has 25 heavy (non-hydrogen) atoms. The Bertz CT molecular complexity index is 760. The van der Waals surface area contributed by atoms with Crippen LogP contribution in [0.2, 0.25) is 0 Å². The third kappa shape index (κ3) is 5.65. The molecule has 2 aromatic carbocycles. The van der Waals surface area contributed by atoms with Crippen LogP contribution in [0.3, 0.4) is 0 Å². The second kappa shape index (κ2) is 9.07. The minimum absolute atomic E-state index is 0.0339. The zero-order valence-corrected chi connectivity index (χ0v) is 13.7. The van der Waals surface area contributed by atoms with Crippen LogP contribution < -0.4 is 15.5 Å². The molecule has 7 heteroatoms. The predicted octanol–water partition coefficient (Wildman–Crippen LogP) is 1.67. The van der Waals surface area contributed by atoms with E-state index in [2.05, 4.69) is 15.8 Å². The second-order valence-corrected chi connectivity index (χ2v) is 5.00. The van der Waals surface area contributed by atoms with Gasteiger partial charge in [-0.25, -0.2) is 5.43 Å². The molecular weight excluding hydrogens is 322 g/mol. The summed E-state index contributed by atoms with van der Waals surface area (Å²) in [6.45, 7) is 2.04. The van der Waals surface area contributed by atoms with Gasteiger partial charge in [0.15, 0.2) is 11.5 Å². The van der Waals surface area contributed by atoms with Gasteiger partial charge in [0, 0.05) is 5.56 Å². The van der Waals surface area contributed by atoms with Gasteiger partial charge in [-0.15, -0.1) is 0 Å². The highest BCUT2D eigenvalue weighted by Gasteiger charge is 2.06. The number of phenolic OH excluding ortho intramolecular Hbond substituents is 1. The summed E-state index contributed by atoms with van der Waals surface area (Å²) >= 11 is 0. The number of hydrogen-bond donors (Lipinski definition) is 3. The summed E-state index contributed by atoms with van der Waals surface area (Å²) in [5, 5.41) is 15.9. The molecule has 0 aromatic heterocycles. The van der Waals surface area contributed by atoms with Crippen LogP contribution in [0.25, 0.3) is 0 Å². The van der Waals surface area contributed by atoms with Gasteiger partial charge in [-0.1, -0.05) is 18.2 Å². The van der Waals surface area contributed by atoms with Crippen LogP contribution in [0.4, 0.5) is 0 Å². The van der Waals surface area contributed by atoms with Crippen molar-refractivity contribution in [2.45, 2.75) is 6.92 Å². The van der Waals surface area contributed by atoms with Crippen LogP contribution in [-0.2, 0) is 4.79 Å². The average Bonchev–Trinajstić information content (AvgIpc) is 2.63. The van der Waals surface area contributed by atoms with E-state index in [9.17, 15) is 14.7 Å². The van der Waals surface area contributed by atoms with Crippen molar-refractivity contribution in [2.24, 2.45) is 5.10 Å². The van der Waals surface area contributed by atoms with Crippen LogP contribution in [0.5, 0.6) is 11.5 Å². The molecule has 0 unspecified atom stereocenters. The fraction of sp³-hybridized carbons (Fsp3) is 0.167. The summed E-state index contributed by atoms with van der Waals surface area (Å²) in [4.78, 5) is 23.5. The molecule has 2 amide bonds. The average molecular weight is 341 g/mol. The summed E-state index contributed by atoms with van der Waals surface area (Å²) in [5.74, 6) is -0.413. The third-order valence-corrected chi connectivity index (χ3v) is 3.13. The number of ether oxygens (including phenoxy) is 1. The highest BCUT2D eigenvalue weighted by atomic mass is 16.5. The van der Waals surface area contributed by atoms with Crippen molar-refractivity contribution in [3.8, 4) is 11.5 Å². The van der Waals surface area contributed by atoms with Gasteiger partial charge >= 0.3 is 0 Å². The van der Waals surface area contributed by atoms with Crippen molar-refractivity contribution in [3.05, 3.63) is 59.7 Å². The summed E-state index contributed by atoms with van der Waals surface area (Å²) in [6, 6.07) is 13.3. The molecule has 2 rings (SSSR count). The van der Waals surface area contributed by atoms with Crippen molar-refractivity contribution in [2.75, 3.05) is 13.2 Å². The minimum Gasteiger partial charge on any atom is -0.504 e. The number of hydrogen-bond acceptors (Lipinski definition) is 5. The molecule has 130 valence electrons. The van der Waals surface area contributed by atoms with Crippen LogP contribution in [0.15, 0.2) is 53.6 Å². The molecule has 0 heterocycles. The Morgan fingerprint density at radius 3 is 2.68 bits per heavy atom. The Labute approximate surface area is 145 Å². The molecule has 3 N–H and O–H groups in total. The summed E-state index contributed by atoms with van der Waals surface area (Å²) < 4.78 is 5.27. The monoisotopic (exact) mass is 341 g/mol. The Hall–Kier alpha value is -3.35. The fourth-order valence-corrected chi connectivity index (χ4v) is 1.95. The van der Waals surface area contributed by atoms with E-state index < -0.39 is 5.91 Å². The Balaban J connectivity index is 1.82. The van der Waals surface area contributed by atoms with Crippen molar-refractivity contribution in [1.29, 1.82) is 0 Å². The number of hydrazone groups is 1. The van der Waals surface area contributed by atoms with Gasteiger partial charge < -0.3 is 15.2 Å². The van der Waals surface area contributed by atoms with Gasteiger partial charge in [0.1, 0.15) is 0 Å². The molecule has 0 atom stereocenters. The van der Waals surface area contributed by atoms with Gasteiger partial charge in [0.25, 0.3) is 11.8 Å². The van der Waals surface area contributed by atoms with E-state index in [1.165, 1.54) is 12.3 Å². The van der Waals surface area contributed by atoms with E-state index in [1.807, 2.05) is 6.92 Å². The quantitative estimate of drug-likeness (QED) is 0.527. The number of nitrogens with zero attached hydrogens (tertiary/aromatic N) is 1. The van der Waals surface area contributed by atoms with E-state index in [0.717, 1.165) is 0 Å². The lowest BCUT2D eigenvalue weighted by Crippen LogP contribution is -2.34. The number of rotatable bonds is 7. The van der Waals surface area contributed by atoms with Crippen molar-refractivity contribution < 1.29 is 19.4 Å². The maximum absolute atomic E-state index is 11.8.